The van der Waals surface area contributed by atoms with Gasteiger partial charge in [-0.15, -0.1) is 0 Å². The van der Waals surface area contributed by atoms with Gasteiger partial charge in [0.2, 0.25) is 0 Å². The van der Waals surface area contributed by atoms with E-state index < -0.39 is 0 Å². The summed E-state index contributed by atoms with van der Waals surface area (Å²) in [5.74, 6) is 0. The Balaban J connectivity index is 1.79. The molecule has 3 nitrogen and oxygen atoms in total. The average molecular weight is 276 g/mol. The standard InChI is InChI=1S/C17H28N2O/c1-14(2)18-12-15-4-6-16(7-5-15)13-19-10-8-17(20-3)9-11-19/h4-7,14,17-18H,8-13H2,1-3H3. The van der Waals surface area contributed by atoms with Gasteiger partial charge in [-0.25, -0.2) is 0 Å². The fourth-order valence-electron chi connectivity index (χ4n) is 2.65. The third kappa shape index (κ3) is 4.89. The summed E-state index contributed by atoms with van der Waals surface area (Å²) in [6, 6.07) is 9.55. The molecule has 0 aromatic heterocycles. The fourth-order valence-corrected chi connectivity index (χ4v) is 2.65. The number of hydrogen-bond acceptors (Lipinski definition) is 3. The van der Waals surface area contributed by atoms with Crippen molar-refractivity contribution in [3.63, 3.8) is 0 Å². The monoisotopic (exact) mass is 276 g/mol. The Labute approximate surface area is 123 Å². The lowest BCUT2D eigenvalue weighted by Gasteiger charge is -2.31. The van der Waals surface area contributed by atoms with Crippen LogP contribution in [0.25, 0.3) is 0 Å². The van der Waals surface area contributed by atoms with Crippen LogP contribution >= 0.6 is 0 Å². The van der Waals surface area contributed by atoms with Crippen LogP contribution in [0.3, 0.4) is 0 Å². The van der Waals surface area contributed by atoms with Crippen LogP contribution in [0.15, 0.2) is 24.3 Å². The Hall–Kier alpha value is -0.900. The number of benzene rings is 1. The Morgan fingerprint density at radius 3 is 2.30 bits per heavy atom. The molecule has 1 saturated heterocycles. The Bertz CT molecular complexity index is 380. The molecule has 112 valence electrons. The van der Waals surface area contributed by atoms with Crippen molar-refractivity contribution < 1.29 is 4.74 Å². The van der Waals surface area contributed by atoms with Gasteiger partial charge < -0.3 is 10.1 Å². The summed E-state index contributed by atoms with van der Waals surface area (Å²) < 4.78 is 5.42. The molecule has 2 rings (SSSR count). The molecular weight excluding hydrogens is 248 g/mol. The molecule has 1 aromatic carbocycles. The highest BCUT2D eigenvalue weighted by Crippen LogP contribution is 2.16. The molecule has 20 heavy (non-hydrogen) atoms. The van der Waals surface area contributed by atoms with Crippen LogP contribution in [0.2, 0.25) is 0 Å². The zero-order valence-corrected chi connectivity index (χ0v) is 13.1. The average Bonchev–Trinajstić information content (AvgIpc) is 2.47. The van der Waals surface area contributed by atoms with Gasteiger partial charge in [0.05, 0.1) is 6.10 Å². The highest BCUT2D eigenvalue weighted by molar-refractivity contribution is 5.22. The summed E-state index contributed by atoms with van der Waals surface area (Å²) in [4.78, 5) is 2.52. The molecule has 0 bridgehead atoms. The Morgan fingerprint density at radius 1 is 1.15 bits per heavy atom. The van der Waals surface area contributed by atoms with Gasteiger partial charge in [0, 0.05) is 39.3 Å². The van der Waals surface area contributed by atoms with E-state index >= 15 is 0 Å². The van der Waals surface area contributed by atoms with E-state index in [1.807, 2.05) is 7.11 Å². The van der Waals surface area contributed by atoms with Crippen LogP contribution in [-0.2, 0) is 17.8 Å². The van der Waals surface area contributed by atoms with Crippen molar-refractivity contribution in [3.8, 4) is 0 Å². The van der Waals surface area contributed by atoms with E-state index in [4.69, 9.17) is 4.74 Å². The Morgan fingerprint density at radius 2 is 1.75 bits per heavy atom. The van der Waals surface area contributed by atoms with Crippen molar-refractivity contribution in [2.45, 2.75) is 51.9 Å². The highest BCUT2D eigenvalue weighted by Gasteiger charge is 2.18. The first-order chi connectivity index (χ1) is 9.67. The highest BCUT2D eigenvalue weighted by atomic mass is 16.5. The van der Waals surface area contributed by atoms with E-state index in [0.717, 1.165) is 39.0 Å². The fraction of sp³-hybridized carbons (Fsp3) is 0.647. The topological polar surface area (TPSA) is 24.5 Å². The van der Waals surface area contributed by atoms with E-state index in [0.29, 0.717) is 12.1 Å². The van der Waals surface area contributed by atoms with E-state index in [2.05, 4.69) is 48.3 Å². The minimum Gasteiger partial charge on any atom is -0.381 e. The molecule has 1 aromatic rings. The number of rotatable bonds is 6. The predicted octanol–water partition coefficient (Wildman–Crippen LogP) is 2.80. The van der Waals surface area contributed by atoms with Gasteiger partial charge in [0.25, 0.3) is 0 Å². The number of ether oxygens (including phenoxy) is 1. The van der Waals surface area contributed by atoms with Gasteiger partial charge in [0.15, 0.2) is 0 Å². The zero-order valence-electron chi connectivity index (χ0n) is 13.1. The SMILES string of the molecule is COC1CCN(Cc2ccc(CNC(C)C)cc2)CC1. The molecule has 1 N–H and O–H groups in total. The zero-order chi connectivity index (χ0) is 14.4. The second kappa shape index (κ2) is 7.77. The lowest BCUT2D eigenvalue weighted by Crippen LogP contribution is -2.36. The minimum atomic E-state index is 0.468. The van der Waals surface area contributed by atoms with Crippen molar-refractivity contribution in [1.29, 1.82) is 0 Å². The van der Waals surface area contributed by atoms with Crippen molar-refractivity contribution in [1.82, 2.24) is 10.2 Å². The molecule has 0 unspecified atom stereocenters. The molecule has 0 saturated carbocycles. The third-order valence-corrected chi connectivity index (χ3v) is 4.01. The molecule has 3 heteroatoms. The van der Waals surface area contributed by atoms with Gasteiger partial charge in [-0.05, 0) is 24.0 Å². The van der Waals surface area contributed by atoms with Crippen molar-refractivity contribution in [2.75, 3.05) is 20.2 Å². The molecule has 1 aliphatic heterocycles. The molecule has 0 atom stereocenters. The number of methoxy groups -OCH3 is 1. The second-order valence-corrected chi connectivity index (χ2v) is 6.06. The number of nitrogens with zero attached hydrogens (tertiary/aromatic N) is 1. The largest absolute Gasteiger partial charge is 0.381 e. The summed E-state index contributed by atoms with van der Waals surface area (Å²) in [6.45, 7) is 8.67. The molecule has 0 spiro atoms. The maximum atomic E-state index is 5.42. The predicted molar refractivity (Wildman–Crippen MR) is 83.7 cm³/mol. The molecule has 0 amide bonds. The van der Waals surface area contributed by atoms with Gasteiger partial charge in [0.1, 0.15) is 0 Å². The smallest absolute Gasteiger partial charge is 0.0595 e. The van der Waals surface area contributed by atoms with Crippen LogP contribution in [0, 0.1) is 0 Å². The first-order valence-electron chi connectivity index (χ1n) is 7.73. The first kappa shape index (κ1) is 15.5. The van der Waals surface area contributed by atoms with E-state index in [-0.39, 0.29) is 0 Å². The number of likely N-dealkylation sites (tertiary alicyclic amines) is 1. The minimum absolute atomic E-state index is 0.468. The second-order valence-electron chi connectivity index (χ2n) is 6.06. The number of nitrogens with one attached hydrogen (secondary N) is 1. The normalized spacial score (nSPS) is 17.8. The quantitative estimate of drug-likeness (QED) is 0.864. The van der Waals surface area contributed by atoms with Crippen molar-refractivity contribution in [2.24, 2.45) is 0 Å². The number of piperidine rings is 1. The van der Waals surface area contributed by atoms with Gasteiger partial charge in [-0.1, -0.05) is 38.1 Å². The third-order valence-electron chi connectivity index (χ3n) is 4.01. The molecule has 0 aliphatic carbocycles. The molecular formula is C17H28N2O. The van der Waals surface area contributed by atoms with Crippen molar-refractivity contribution in [3.05, 3.63) is 35.4 Å². The summed E-state index contributed by atoms with van der Waals surface area (Å²) in [6.07, 6.45) is 2.79. The van der Waals surface area contributed by atoms with Crippen LogP contribution < -0.4 is 5.32 Å². The van der Waals surface area contributed by atoms with Gasteiger partial charge in [-0.3, -0.25) is 4.90 Å². The van der Waals surface area contributed by atoms with E-state index in [1.54, 1.807) is 0 Å². The molecule has 1 aliphatic rings. The van der Waals surface area contributed by atoms with E-state index in [1.165, 1.54) is 11.1 Å². The maximum absolute atomic E-state index is 5.42. The van der Waals surface area contributed by atoms with Crippen LogP contribution in [0.1, 0.15) is 37.8 Å². The first-order valence-corrected chi connectivity index (χ1v) is 7.73. The van der Waals surface area contributed by atoms with Crippen LogP contribution in [0.5, 0.6) is 0 Å². The lowest BCUT2D eigenvalue weighted by atomic mass is 10.1. The van der Waals surface area contributed by atoms with Crippen LogP contribution in [-0.4, -0.2) is 37.2 Å². The van der Waals surface area contributed by atoms with Crippen LogP contribution in [0.4, 0.5) is 0 Å². The maximum Gasteiger partial charge on any atom is 0.0595 e. The van der Waals surface area contributed by atoms with Gasteiger partial charge in [-0.2, -0.15) is 0 Å². The van der Waals surface area contributed by atoms with E-state index in [9.17, 15) is 0 Å². The molecule has 0 radical (unpaired) electrons. The molecule has 1 heterocycles. The summed E-state index contributed by atoms with van der Waals surface area (Å²) in [5.41, 5.74) is 2.77. The van der Waals surface area contributed by atoms with Gasteiger partial charge >= 0.3 is 0 Å². The summed E-state index contributed by atoms with van der Waals surface area (Å²) in [5, 5.41) is 3.45. The lowest BCUT2D eigenvalue weighted by molar-refractivity contribution is 0.0388. The summed E-state index contributed by atoms with van der Waals surface area (Å²) in [7, 11) is 1.82. The summed E-state index contributed by atoms with van der Waals surface area (Å²) >= 11 is 0. The number of hydrogen-bond donors (Lipinski definition) is 1. The van der Waals surface area contributed by atoms with Crippen molar-refractivity contribution >= 4 is 0 Å². The molecule has 1 fully saturated rings. The Kier molecular flexibility index (Phi) is 6.02.